The van der Waals surface area contributed by atoms with E-state index in [1.807, 2.05) is 25.1 Å². The van der Waals surface area contributed by atoms with Crippen molar-refractivity contribution in [3.8, 4) is 0 Å². The van der Waals surface area contributed by atoms with Crippen molar-refractivity contribution in [3.05, 3.63) is 65.5 Å². The van der Waals surface area contributed by atoms with Crippen LogP contribution < -0.4 is 10.6 Å². The molecule has 27 heavy (non-hydrogen) atoms. The first-order valence-corrected chi connectivity index (χ1v) is 9.05. The van der Waals surface area contributed by atoms with Gasteiger partial charge in [0.05, 0.1) is 12.6 Å². The van der Waals surface area contributed by atoms with Crippen molar-refractivity contribution in [1.82, 2.24) is 20.5 Å². The average molecular weight is 375 g/mol. The molecule has 7 heteroatoms. The average Bonchev–Trinajstić information content (AvgIpc) is 2.64. The second kappa shape index (κ2) is 10.6. The van der Waals surface area contributed by atoms with E-state index in [0.717, 1.165) is 12.1 Å². The van der Waals surface area contributed by atoms with E-state index in [-0.39, 0.29) is 12.1 Å². The standard InChI is InChI=1S/C20H27F2N5/c1-4-23-20(25-13-11-15-8-5-6-12-24-15)26-14-18(27(2)3)19-16(21)9-7-10-17(19)22/h5-10,12,18H,4,11,13-14H2,1-3H3,(H2,23,25,26). The Morgan fingerprint density at radius 2 is 1.85 bits per heavy atom. The first kappa shape index (κ1) is 20.8. The first-order chi connectivity index (χ1) is 13.0. The fourth-order valence-electron chi connectivity index (χ4n) is 2.72. The Morgan fingerprint density at radius 3 is 2.44 bits per heavy atom. The van der Waals surface area contributed by atoms with Crippen LogP contribution in [-0.4, -0.2) is 49.6 Å². The normalized spacial score (nSPS) is 12.9. The predicted octanol–water partition coefficient (Wildman–Crippen LogP) is 2.76. The third kappa shape index (κ3) is 6.29. The van der Waals surface area contributed by atoms with E-state index in [1.54, 1.807) is 25.2 Å². The van der Waals surface area contributed by atoms with E-state index in [1.165, 1.54) is 18.2 Å². The van der Waals surface area contributed by atoms with Gasteiger partial charge in [0, 0.05) is 37.0 Å². The van der Waals surface area contributed by atoms with Crippen molar-refractivity contribution in [2.75, 3.05) is 33.7 Å². The lowest BCUT2D eigenvalue weighted by molar-refractivity contribution is 0.290. The van der Waals surface area contributed by atoms with E-state index in [4.69, 9.17) is 0 Å². The molecule has 0 bridgehead atoms. The molecule has 0 amide bonds. The molecule has 0 aliphatic carbocycles. The van der Waals surface area contributed by atoms with Crippen molar-refractivity contribution in [3.63, 3.8) is 0 Å². The van der Waals surface area contributed by atoms with Gasteiger partial charge in [-0.3, -0.25) is 9.98 Å². The summed E-state index contributed by atoms with van der Waals surface area (Å²) in [6.07, 6.45) is 2.52. The third-order valence-corrected chi connectivity index (χ3v) is 4.12. The van der Waals surface area contributed by atoms with Gasteiger partial charge in [-0.05, 0) is 45.3 Å². The number of halogens is 2. The zero-order valence-corrected chi connectivity index (χ0v) is 16.0. The van der Waals surface area contributed by atoms with Crippen molar-refractivity contribution < 1.29 is 8.78 Å². The molecule has 2 rings (SSSR count). The lowest BCUT2D eigenvalue weighted by Crippen LogP contribution is -2.39. The van der Waals surface area contributed by atoms with E-state index in [9.17, 15) is 8.78 Å². The number of aliphatic imine (C=N–C) groups is 1. The molecule has 0 saturated carbocycles. The highest BCUT2D eigenvalue weighted by Gasteiger charge is 2.22. The maximum Gasteiger partial charge on any atom is 0.191 e. The maximum absolute atomic E-state index is 14.2. The van der Waals surface area contributed by atoms with Crippen LogP contribution in [0, 0.1) is 11.6 Å². The number of benzene rings is 1. The van der Waals surface area contributed by atoms with Crippen LogP contribution in [-0.2, 0) is 6.42 Å². The Labute approximate surface area is 159 Å². The molecule has 0 aliphatic rings. The molecular weight excluding hydrogens is 348 g/mol. The highest BCUT2D eigenvalue weighted by atomic mass is 19.1. The zero-order chi connectivity index (χ0) is 19.6. The van der Waals surface area contributed by atoms with E-state index >= 15 is 0 Å². The van der Waals surface area contributed by atoms with Crippen molar-refractivity contribution in [2.24, 2.45) is 4.99 Å². The second-order valence-corrected chi connectivity index (χ2v) is 6.33. The summed E-state index contributed by atoms with van der Waals surface area (Å²) < 4.78 is 28.3. The summed E-state index contributed by atoms with van der Waals surface area (Å²) in [6.45, 7) is 3.54. The molecule has 1 atom stereocenters. The molecular formula is C20H27F2N5. The van der Waals surface area contributed by atoms with Crippen LogP contribution in [0.2, 0.25) is 0 Å². The van der Waals surface area contributed by atoms with Crippen LogP contribution in [0.1, 0.15) is 24.2 Å². The summed E-state index contributed by atoms with van der Waals surface area (Å²) in [5.41, 5.74) is 1.02. The number of likely N-dealkylation sites (N-methyl/N-ethyl adjacent to an activating group) is 1. The number of pyridine rings is 1. The molecule has 0 spiro atoms. The molecule has 1 heterocycles. The highest BCUT2D eigenvalue weighted by Crippen LogP contribution is 2.24. The smallest absolute Gasteiger partial charge is 0.191 e. The van der Waals surface area contributed by atoms with Crippen LogP contribution in [0.3, 0.4) is 0 Å². The molecule has 1 aromatic carbocycles. The SMILES string of the molecule is CCNC(=NCC(c1c(F)cccc1F)N(C)C)NCCc1ccccn1. The summed E-state index contributed by atoms with van der Waals surface area (Å²) in [5.74, 6) is -0.508. The summed E-state index contributed by atoms with van der Waals surface area (Å²) >= 11 is 0. The fourth-order valence-corrected chi connectivity index (χ4v) is 2.72. The van der Waals surface area contributed by atoms with Crippen LogP contribution in [0.25, 0.3) is 0 Å². The Balaban J connectivity index is 2.06. The highest BCUT2D eigenvalue weighted by molar-refractivity contribution is 5.79. The van der Waals surface area contributed by atoms with Crippen LogP contribution in [0.5, 0.6) is 0 Å². The van der Waals surface area contributed by atoms with Gasteiger partial charge in [-0.25, -0.2) is 8.78 Å². The number of hydrogen-bond donors (Lipinski definition) is 2. The molecule has 1 unspecified atom stereocenters. The van der Waals surface area contributed by atoms with Gasteiger partial charge in [0.1, 0.15) is 11.6 Å². The molecule has 0 fully saturated rings. The number of nitrogens with one attached hydrogen (secondary N) is 2. The predicted molar refractivity (Wildman–Crippen MR) is 105 cm³/mol. The Kier molecular flexibility index (Phi) is 8.13. The quantitative estimate of drug-likeness (QED) is 0.550. The molecule has 146 valence electrons. The van der Waals surface area contributed by atoms with Gasteiger partial charge < -0.3 is 15.5 Å². The van der Waals surface area contributed by atoms with Gasteiger partial charge in [-0.15, -0.1) is 0 Å². The van der Waals surface area contributed by atoms with Gasteiger partial charge in [0.15, 0.2) is 5.96 Å². The third-order valence-electron chi connectivity index (χ3n) is 4.12. The lowest BCUT2D eigenvalue weighted by atomic mass is 10.0. The monoisotopic (exact) mass is 375 g/mol. The van der Waals surface area contributed by atoms with Crippen molar-refractivity contribution in [2.45, 2.75) is 19.4 Å². The zero-order valence-electron chi connectivity index (χ0n) is 16.0. The van der Waals surface area contributed by atoms with Gasteiger partial charge in [-0.2, -0.15) is 0 Å². The molecule has 5 nitrogen and oxygen atoms in total. The molecule has 1 aromatic heterocycles. The van der Waals surface area contributed by atoms with Crippen LogP contribution >= 0.6 is 0 Å². The summed E-state index contributed by atoms with van der Waals surface area (Å²) in [7, 11) is 3.57. The minimum absolute atomic E-state index is 0.0376. The summed E-state index contributed by atoms with van der Waals surface area (Å²) in [4.78, 5) is 10.6. The Bertz CT molecular complexity index is 714. The van der Waals surface area contributed by atoms with Gasteiger partial charge in [0.25, 0.3) is 0 Å². The van der Waals surface area contributed by atoms with Crippen LogP contribution in [0.15, 0.2) is 47.6 Å². The number of rotatable bonds is 8. The number of aromatic nitrogens is 1. The molecule has 0 saturated heterocycles. The van der Waals surface area contributed by atoms with E-state index < -0.39 is 17.7 Å². The fraction of sp³-hybridized carbons (Fsp3) is 0.400. The minimum Gasteiger partial charge on any atom is -0.357 e. The summed E-state index contributed by atoms with van der Waals surface area (Å²) in [5, 5.41) is 6.39. The van der Waals surface area contributed by atoms with Gasteiger partial charge in [0.2, 0.25) is 0 Å². The molecule has 0 radical (unpaired) electrons. The van der Waals surface area contributed by atoms with E-state index in [0.29, 0.717) is 19.0 Å². The van der Waals surface area contributed by atoms with E-state index in [2.05, 4.69) is 20.6 Å². The Hall–Kier alpha value is -2.54. The topological polar surface area (TPSA) is 52.6 Å². The van der Waals surface area contributed by atoms with Gasteiger partial charge >= 0.3 is 0 Å². The van der Waals surface area contributed by atoms with Gasteiger partial charge in [-0.1, -0.05) is 12.1 Å². The maximum atomic E-state index is 14.2. The second-order valence-electron chi connectivity index (χ2n) is 6.33. The van der Waals surface area contributed by atoms with Crippen molar-refractivity contribution >= 4 is 5.96 Å². The molecule has 2 aromatic rings. The first-order valence-electron chi connectivity index (χ1n) is 9.05. The number of guanidine groups is 1. The minimum atomic E-state index is -0.558. The summed E-state index contributed by atoms with van der Waals surface area (Å²) in [6, 6.07) is 9.21. The number of nitrogens with zero attached hydrogens (tertiary/aromatic N) is 3. The number of hydrogen-bond acceptors (Lipinski definition) is 3. The molecule has 2 N–H and O–H groups in total. The largest absolute Gasteiger partial charge is 0.357 e. The van der Waals surface area contributed by atoms with Crippen LogP contribution in [0.4, 0.5) is 8.78 Å². The molecule has 0 aliphatic heterocycles. The Morgan fingerprint density at radius 1 is 1.11 bits per heavy atom. The van der Waals surface area contributed by atoms with Crippen molar-refractivity contribution in [1.29, 1.82) is 0 Å². The lowest BCUT2D eigenvalue weighted by Gasteiger charge is -2.24.